The largest absolute Gasteiger partial charge is 0.350 e. The first kappa shape index (κ1) is 17.2. The molecule has 116 valence electrons. The summed E-state index contributed by atoms with van der Waals surface area (Å²) in [7, 11) is 0. The smallest absolute Gasteiger partial charge is 0.253 e. The van der Waals surface area contributed by atoms with Crippen molar-refractivity contribution in [3.63, 3.8) is 0 Å². The van der Waals surface area contributed by atoms with Gasteiger partial charge in [0, 0.05) is 12.1 Å². The summed E-state index contributed by atoms with van der Waals surface area (Å²) in [5, 5.41) is 5.68. The highest BCUT2D eigenvalue weighted by Gasteiger charge is 2.20. The predicted molar refractivity (Wildman–Crippen MR) is 85.1 cm³/mol. The van der Waals surface area contributed by atoms with Crippen molar-refractivity contribution in [2.75, 3.05) is 5.32 Å². The highest BCUT2D eigenvalue weighted by molar-refractivity contribution is 6.04. The molecule has 0 aromatic heterocycles. The van der Waals surface area contributed by atoms with Crippen LogP contribution in [0.15, 0.2) is 24.3 Å². The summed E-state index contributed by atoms with van der Waals surface area (Å²) >= 11 is 0. The topological polar surface area (TPSA) is 84.2 Å². The number of benzene rings is 1. The van der Waals surface area contributed by atoms with E-state index in [0.717, 1.165) is 6.42 Å². The molecule has 0 saturated carbocycles. The zero-order valence-electron chi connectivity index (χ0n) is 13.1. The maximum Gasteiger partial charge on any atom is 0.253 e. The second kappa shape index (κ2) is 7.78. The summed E-state index contributed by atoms with van der Waals surface area (Å²) in [5.74, 6) is -0.696. The molecule has 0 bridgehead atoms. The minimum Gasteiger partial charge on any atom is -0.350 e. The Bertz CT molecular complexity index is 500. The van der Waals surface area contributed by atoms with Crippen LogP contribution in [0.5, 0.6) is 0 Å². The third kappa shape index (κ3) is 4.86. The number of carbonyl (C=O) groups excluding carboxylic acids is 2. The molecule has 5 heteroatoms. The molecular weight excluding hydrogens is 266 g/mol. The van der Waals surface area contributed by atoms with Gasteiger partial charge in [0.25, 0.3) is 5.91 Å². The second-order valence-electron chi connectivity index (χ2n) is 5.47. The van der Waals surface area contributed by atoms with Crippen LogP contribution >= 0.6 is 0 Å². The molecule has 0 spiro atoms. The monoisotopic (exact) mass is 291 g/mol. The summed E-state index contributed by atoms with van der Waals surface area (Å²) in [6.45, 7) is 7.49. The molecule has 3 unspecified atom stereocenters. The van der Waals surface area contributed by atoms with Gasteiger partial charge in [-0.1, -0.05) is 26.0 Å². The first-order chi connectivity index (χ1) is 9.86. The average molecular weight is 291 g/mol. The average Bonchev–Trinajstić information content (AvgIpc) is 2.46. The van der Waals surface area contributed by atoms with Gasteiger partial charge in [-0.2, -0.15) is 0 Å². The van der Waals surface area contributed by atoms with Gasteiger partial charge in [-0.3, -0.25) is 9.59 Å². The fourth-order valence-electron chi connectivity index (χ4n) is 1.68. The standard InChI is InChI=1S/C16H25N3O2/c1-5-10(2)18-16(21)13-8-6-7-9-14(13)19-15(20)11(3)12(4)17/h6-12H,5,17H2,1-4H3,(H,18,21)(H,19,20). The Kier molecular flexibility index (Phi) is 6.37. The number of hydrogen-bond acceptors (Lipinski definition) is 3. The third-order valence-corrected chi connectivity index (χ3v) is 3.62. The van der Waals surface area contributed by atoms with E-state index < -0.39 is 0 Å². The van der Waals surface area contributed by atoms with Crippen LogP contribution in [-0.4, -0.2) is 23.9 Å². The van der Waals surface area contributed by atoms with E-state index in [1.165, 1.54) is 0 Å². The summed E-state index contributed by atoms with van der Waals surface area (Å²) in [6.07, 6.45) is 0.849. The quantitative estimate of drug-likeness (QED) is 0.750. The van der Waals surface area contributed by atoms with Crippen molar-refractivity contribution in [3.05, 3.63) is 29.8 Å². The zero-order chi connectivity index (χ0) is 16.0. The normalized spacial score (nSPS) is 14.9. The molecule has 1 rings (SSSR count). The van der Waals surface area contributed by atoms with Gasteiger partial charge < -0.3 is 16.4 Å². The van der Waals surface area contributed by atoms with Gasteiger partial charge in [-0.25, -0.2) is 0 Å². The van der Waals surface area contributed by atoms with Gasteiger partial charge in [0.1, 0.15) is 0 Å². The van der Waals surface area contributed by atoms with Crippen LogP contribution in [-0.2, 0) is 4.79 Å². The molecule has 0 aliphatic carbocycles. The molecule has 4 N–H and O–H groups in total. The Labute approximate surface area is 126 Å². The van der Waals surface area contributed by atoms with Crippen LogP contribution in [0.25, 0.3) is 0 Å². The van der Waals surface area contributed by atoms with Crippen molar-refractivity contribution in [2.24, 2.45) is 11.7 Å². The van der Waals surface area contributed by atoms with Crippen LogP contribution in [0.2, 0.25) is 0 Å². The van der Waals surface area contributed by atoms with Gasteiger partial charge in [0.05, 0.1) is 17.2 Å². The fourth-order valence-corrected chi connectivity index (χ4v) is 1.68. The first-order valence-electron chi connectivity index (χ1n) is 7.33. The van der Waals surface area contributed by atoms with E-state index in [1.807, 2.05) is 13.8 Å². The van der Waals surface area contributed by atoms with Crippen molar-refractivity contribution < 1.29 is 9.59 Å². The van der Waals surface area contributed by atoms with E-state index in [4.69, 9.17) is 5.73 Å². The van der Waals surface area contributed by atoms with Crippen LogP contribution in [0.1, 0.15) is 44.5 Å². The van der Waals surface area contributed by atoms with E-state index >= 15 is 0 Å². The number of nitrogens with two attached hydrogens (primary N) is 1. The van der Waals surface area contributed by atoms with Crippen molar-refractivity contribution in [2.45, 2.75) is 46.2 Å². The molecule has 1 aromatic rings. The maximum absolute atomic E-state index is 12.2. The molecule has 0 fully saturated rings. The molecule has 5 nitrogen and oxygen atoms in total. The maximum atomic E-state index is 12.2. The lowest BCUT2D eigenvalue weighted by atomic mass is 10.0. The number of nitrogens with one attached hydrogen (secondary N) is 2. The Hall–Kier alpha value is -1.88. The number of carbonyl (C=O) groups is 2. The molecular formula is C16H25N3O2. The summed E-state index contributed by atoms with van der Waals surface area (Å²) in [6, 6.07) is 6.82. The molecule has 0 aliphatic heterocycles. The molecule has 0 saturated heterocycles. The lowest BCUT2D eigenvalue weighted by Crippen LogP contribution is -2.36. The lowest BCUT2D eigenvalue weighted by Gasteiger charge is -2.18. The van der Waals surface area contributed by atoms with Gasteiger partial charge in [0.2, 0.25) is 5.91 Å². The SMILES string of the molecule is CCC(C)NC(=O)c1ccccc1NC(=O)C(C)C(C)N. The van der Waals surface area contributed by atoms with Gasteiger partial charge in [0.15, 0.2) is 0 Å². The van der Waals surface area contributed by atoms with E-state index in [0.29, 0.717) is 11.3 Å². The third-order valence-electron chi connectivity index (χ3n) is 3.62. The van der Waals surface area contributed by atoms with Crippen LogP contribution < -0.4 is 16.4 Å². The molecule has 0 radical (unpaired) electrons. The van der Waals surface area contributed by atoms with Crippen molar-refractivity contribution >= 4 is 17.5 Å². The Morgan fingerprint density at radius 2 is 1.81 bits per heavy atom. The van der Waals surface area contributed by atoms with Gasteiger partial charge in [-0.05, 0) is 32.4 Å². The number of amides is 2. The molecule has 21 heavy (non-hydrogen) atoms. The van der Waals surface area contributed by atoms with Gasteiger partial charge in [-0.15, -0.1) is 0 Å². The Morgan fingerprint density at radius 3 is 2.38 bits per heavy atom. The zero-order valence-corrected chi connectivity index (χ0v) is 13.1. The lowest BCUT2D eigenvalue weighted by molar-refractivity contribution is -0.119. The molecule has 2 amide bonds. The summed E-state index contributed by atoms with van der Waals surface area (Å²) in [4.78, 5) is 24.3. The van der Waals surface area contributed by atoms with Crippen LogP contribution in [0.4, 0.5) is 5.69 Å². The summed E-state index contributed by atoms with van der Waals surface area (Å²) < 4.78 is 0. The van der Waals surface area contributed by atoms with E-state index in [1.54, 1.807) is 38.1 Å². The van der Waals surface area contributed by atoms with Crippen LogP contribution in [0, 0.1) is 5.92 Å². The molecule has 1 aromatic carbocycles. The first-order valence-corrected chi connectivity index (χ1v) is 7.33. The number of anilines is 1. The van der Waals surface area contributed by atoms with Crippen molar-refractivity contribution in [1.29, 1.82) is 0 Å². The van der Waals surface area contributed by atoms with E-state index in [2.05, 4.69) is 10.6 Å². The highest BCUT2D eigenvalue weighted by Crippen LogP contribution is 2.17. The molecule has 3 atom stereocenters. The minimum absolute atomic E-state index is 0.0873. The minimum atomic E-state index is -0.323. The number of para-hydroxylation sites is 1. The highest BCUT2D eigenvalue weighted by atomic mass is 16.2. The van der Waals surface area contributed by atoms with E-state index in [9.17, 15) is 9.59 Å². The van der Waals surface area contributed by atoms with Crippen molar-refractivity contribution in [3.8, 4) is 0 Å². The van der Waals surface area contributed by atoms with E-state index in [-0.39, 0.29) is 29.8 Å². The van der Waals surface area contributed by atoms with Crippen molar-refractivity contribution in [1.82, 2.24) is 5.32 Å². The number of hydrogen-bond donors (Lipinski definition) is 3. The molecule has 0 aliphatic rings. The fraction of sp³-hybridized carbons (Fsp3) is 0.500. The summed E-state index contributed by atoms with van der Waals surface area (Å²) in [5.41, 5.74) is 6.70. The second-order valence-corrected chi connectivity index (χ2v) is 5.47. The molecule has 0 heterocycles. The number of rotatable bonds is 6. The predicted octanol–water partition coefficient (Wildman–Crippen LogP) is 2.14. The van der Waals surface area contributed by atoms with Crippen LogP contribution in [0.3, 0.4) is 0 Å². The van der Waals surface area contributed by atoms with Gasteiger partial charge >= 0.3 is 0 Å². The Balaban J connectivity index is 2.89. The Morgan fingerprint density at radius 1 is 1.19 bits per heavy atom.